The molecule has 0 aromatic carbocycles. The highest BCUT2D eigenvalue weighted by molar-refractivity contribution is 5.93. The van der Waals surface area contributed by atoms with E-state index in [-0.39, 0.29) is 17.9 Å². The lowest BCUT2D eigenvalue weighted by Crippen LogP contribution is -2.49. The number of hydrogen-bond donors (Lipinski definition) is 5. The Kier molecular flexibility index (Phi) is 21.5. The number of carbonyl (C=O) groups is 7. The monoisotopic (exact) mass is 670 g/mol. The number of nitrogens with one attached hydrogen (secondary N) is 5. The predicted octanol–water partition coefficient (Wildman–Crippen LogP) is 1.53. The van der Waals surface area contributed by atoms with E-state index in [4.69, 9.17) is 4.74 Å². The van der Waals surface area contributed by atoms with Gasteiger partial charge in [-0.2, -0.15) is 0 Å². The van der Waals surface area contributed by atoms with Crippen molar-refractivity contribution in [2.24, 2.45) is 5.41 Å². The number of esters is 1. The van der Waals surface area contributed by atoms with Crippen LogP contribution < -0.4 is 26.6 Å². The summed E-state index contributed by atoms with van der Waals surface area (Å²) in [5.74, 6) is -4.03. The normalized spacial score (nSPS) is 12.1. The first-order valence-corrected chi connectivity index (χ1v) is 16.5. The molecular weight excluding hydrogens is 612 g/mol. The average molecular weight is 671 g/mol. The van der Waals surface area contributed by atoms with Crippen molar-refractivity contribution < 1.29 is 43.0 Å². The number of amides is 6. The maximum Gasteiger partial charge on any atom is 0.408 e. The summed E-state index contributed by atoms with van der Waals surface area (Å²) >= 11 is 0. The van der Waals surface area contributed by atoms with Gasteiger partial charge in [-0.05, 0) is 44.9 Å². The van der Waals surface area contributed by atoms with Crippen LogP contribution >= 0.6 is 0 Å². The predicted molar refractivity (Wildman–Crippen MR) is 176 cm³/mol. The van der Waals surface area contributed by atoms with Gasteiger partial charge in [-0.3, -0.25) is 28.8 Å². The summed E-state index contributed by atoms with van der Waals surface area (Å²) in [5.41, 5.74) is -0.742. The fraction of sp³-hybridized carbons (Fsp3) is 0.781. The zero-order valence-corrected chi connectivity index (χ0v) is 29.4. The second-order valence-corrected chi connectivity index (χ2v) is 12.5. The molecule has 0 aromatic heterocycles. The van der Waals surface area contributed by atoms with Crippen molar-refractivity contribution in [2.45, 2.75) is 105 Å². The molecule has 1 atom stereocenters. The third kappa shape index (κ3) is 21.5. The van der Waals surface area contributed by atoms with E-state index in [1.807, 2.05) is 0 Å². The lowest BCUT2D eigenvalue weighted by atomic mass is 9.82. The topological polar surface area (TPSA) is 201 Å². The van der Waals surface area contributed by atoms with E-state index in [0.29, 0.717) is 13.0 Å². The molecule has 0 saturated heterocycles. The largest absolute Gasteiger partial charge is 0.468 e. The second-order valence-electron chi connectivity index (χ2n) is 12.5. The summed E-state index contributed by atoms with van der Waals surface area (Å²) in [6.07, 6.45) is 8.02. The quantitative estimate of drug-likeness (QED) is 0.0746. The molecule has 15 heteroatoms. The van der Waals surface area contributed by atoms with Gasteiger partial charge in [-0.15, -0.1) is 0 Å². The number of unbranched alkanes of at least 4 members (excludes halogenated alkanes) is 4. The zero-order valence-electron chi connectivity index (χ0n) is 29.4. The molecule has 1 unspecified atom stereocenters. The Bertz CT molecular complexity index is 1040. The van der Waals surface area contributed by atoms with Gasteiger partial charge in [-0.1, -0.05) is 59.8 Å². The highest BCUT2D eigenvalue weighted by Gasteiger charge is 2.25. The molecule has 47 heavy (non-hydrogen) atoms. The molecule has 0 aromatic rings. The summed E-state index contributed by atoms with van der Waals surface area (Å²) in [4.78, 5) is 86.6. The molecule has 0 radical (unpaired) electrons. The average Bonchev–Trinajstić information content (AvgIpc) is 3.03. The van der Waals surface area contributed by atoms with Crippen LogP contribution in [0.25, 0.3) is 0 Å². The summed E-state index contributed by atoms with van der Waals surface area (Å²) in [5, 5.41) is 12.2. The number of nitrogens with zero attached hydrogens (tertiary/aromatic N) is 1. The van der Waals surface area contributed by atoms with Crippen molar-refractivity contribution in [1.29, 1.82) is 0 Å². The molecule has 0 aliphatic carbocycles. The molecular formula is C32H58N6O9. The maximum atomic E-state index is 12.7. The smallest absolute Gasteiger partial charge is 0.408 e. The van der Waals surface area contributed by atoms with Crippen molar-refractivity contribution >= 4 is 41.6 Å². The number of ether oxygens (including phenoxy) is 2. The van der Waals surface area contributed by atoms with Crippen molar-refractivity contribution in [2.75, 3.05) is 52.9 Å². The maximum absolute atomic E-state index is 12.7. The van der Waals surface area contributed by atoms with E-state index in [1.54, 1.807) is 13.8 Å². The van der Waals surface area contributed by atoms with Gasteiger partial charge >= 0.3 is 12.1 Å². The summed E-state index contributed by atoms with van der Waals surface area (Å²) in [6, 6.07) is 0. The molecule has 5 N–H and O–H groups in total. The summed E-state index contributed by atoms with van der Waals surface area (Å²) < 4.78 is 9.97. The third-order valence-electron chi connectivity index (χ3n) is 7.66. The van der Waals surface area contributed by atoms with Crippen LogP contribution in [0, 0.1) is 5.41 Å². The van der Waals surface area contributed by atoms with Crippen LogP contribution in [0.1, 0.15) is 99.3 Å². The standard InChI is InChI=1S/C32H58N6O9/c1-8-11-13-14-15-31(4,5)47-30(45)36-19-25(40)35-20-28(43)38(22-29(44)46-7)21-27(42)34-17-24(39)33-18-26(41)37-23-32(6,10-3)16-12-9-2/h8-23H2,1-7H3,(H,33,39)(H,34,42)(H,35,40)(H,36,45)(H,37,41). The number of rotatable bonds is 24. The number of hydrogen-bond acceptors (Lipinski definition) is 9. The Labute approximate surface area is 279 Å². The van der Waals surface area contributed by atoms with Crippen LogP contribution in [-0.2, 0) is 38.2 Å². The summed E-state index contributed by atoms with van der Waals surface area (Å²) in [6.45, 7) is 9.48. The zero-order chi connectivity index (χ0) is 35.9. The van der Waals surface area contributed by atoms with Crippen molar-refractivity contribution in [3.8, 4) is 0 Å². The van der Waals surface area contributed by atoms with E-state index < -0.39 is 74.0 Å². The first-order valence-electron chi connectivity index (χ1n) is 16.5. The molecule has 0 spiro atoms. The van der Waals surface area contributed by atoms with Gasteiger partial charge in [0.2, 0.25) is 29.5 Å². The lowest BCUT2D eigenvalue weighted by molar-refractivity contribution is -0.148. The minimum Gasteiger partial charge on any atom is -0.468 e. The molecule has 0 bridgehead atoms. The molecule has 270 valence electrons. The Morgan fingerprint density at radius 1 is 0.617 bits per heavy atom. The first kappa shape index (κ1) is 43.1. The number of methoxy groups -OCH3 is 1. The van der Waals surface area contributed by atoms with Crippen LogP contribution in [0.2, 0.25) is 0 Å². The first-order chi connectivity index (χ1) is 22.1. The molecule has 0 rings (SSSR count). The fourth-order valence-electron chi connectivity index (χ4n) is 4.29. The van der Waals surface area contributed by atoms with Gasteiger partial charge in [0.1, 0.15) is 25.2 Å². The van der Waals surface area contributed by atoms with Gasteiger partial charge in [0, 0.05) is 6.54 Å². The van der Waals surface area contributed by atoms with Crippen molar-refractivity contribution in [3.05, 3.63) is 0 Å². The van der Waals surface area contributed by atoms with Crippen LogP contribution in [-0.4, -0.2) is 105 Å². The van der Waals surface area contributed by atoms with E-state index in [2.05, 4.69) is 59.0 Å². The van der Waals surface area contributed by atoms with Crippen LogP contribution in [0.4, 0.5) is 4.79 Å². The Morgan fingerprint density at radius 3 is 1.74 bits per heavy atom. The highest BCUT2D eigenvalue weighted by atomic mass is 16.6. The lowest BCUT2D eigenvalue weighted by Gasteiger charge is -2.28. The molecule has 0 aliphatic rings. The Morgan fingerprint density at radius 2 is 1.17 bits per heavy atom. The van der Waals surface area contributed by atoms with Gasteiger partial charge < -0.3 is 41.0 Å². The highest BCUT2D eigenvalue weighted by Crippen LogP contribution is 2.27. The van der Waals surface area contributed by atoms with E-state index in [1.165, 1.54) is 0 Å². The molecule has 0 aliphatic heterocycles. The van der Waals surface area contributed by atoms with Gasteiger partial charge in [0.25, 0.3) is 0 Å². The minimum atomic E-state index is -0.809. The van der Waals surface area contributed by atoms with E-state index in [0.717, 1.165) is 63.4 Å². The van der Waals surface area contributed by atoms with Gasteiger partial charge in [0.15, 0.2) is 0 Å². The van der Waals surface area contributed by atoms with Crippen molar-refractivity contribution in [1.82, 2.24) is 31.5 Å². The van der Waals surface area contributed by atoms with Crippen LogP contribution in [0.5, 0.6) is 0 Å². The van der Waals surface area contributed by atoms with Gasteiger partial charge in [0.05, 0.1) is 26.7 Å². The number of carbonyl (C=O) groups excluding carboxylic acids is 7. The molecule has 0 fully saturated rings. The molecule has 0 heterocycles. The van der Waals surface area contributed by atoms with Crippen LogP contribution in [0.15, 0.2) is 0 Å². The molecule has 6 amide bonds. The Hall–Kier alpha value is -3.91. The Balaban J connectivity index is 4.69. The molecule has 0 saturated carbocycles. The molecule has 15 nitrogen and oxygen atoms in total. The summed E-state index contributed by atoms with van der Waals surface area (Å²) in [7, 11) is 1.11. The SMILES string of the molecule is CCCCCCC(C)(C)OC(=O)NCC(=O)NCC(=O)N(CC(=O)NCC(=O)NCC(=O)NCC(C)(CC)CCCC)CC(=O)OC. The van der Waals surface area contributed by atoms with Crippen LogP contribution in [0.3, 0.4) is 0 Å². The van der Waals surface area contributed by atoms with E-state index >= 15 is 0 Å². The fourth-order valence-corrected chi connectivity index (χ4v) is 4.29. The number of alkyl carbamates (subject to hydrolysis) is 1. The second kappa shape index (κ2) is 23.4. The van der Waals surface area contributed by atoms with Gasteiger partial charge in [-0.25, -0.2) is 4.79 Å². The minimum absolute atomic E-state index is 0.0325. The van der Waals surface area contributed by atoms with Crippen molar-refractivity contribution in [3.63, 3.8) is 0 Å². The van der Waals surface area contributed by atoms with E-state index in [9.17, 15) is 33.6 Å². The third-order valence-corrected chi connectivity index (χ3v) is 7.66.